The zero-order valence-electron chi connectivity index (χ0n) is 15.2. The predicted molar refractivity (Wildman–Crippen MR) is 100 cm³/mol. The zero-order valence-corrected chi connectivity index (χ0v) is 15.2. The van der Waals surface area contributed by atoms with Crippen molar-refractivity contribution >= 4 is 11.8 Å². The van der Waals surface area contributed by atoms with Crippen molar-refractivity contribution < 1.29 is 14.0 Å². The van der Waals surface area contributed by atoms with Gasteiger partial charge in [-0.15, -0.1) is 0 Å². The van der Waals surface area contributed by atoms with Crippen LogP contribution in [0.3, 0.4) is 0 Å². The summed E-state index contributed by atoms with van der Waals surface area (Å²) in [5, 5.41) is 3.16. The van der Waals surface area contributed by atoms with Crippen LogP contribution in [0, 0.1) is 11.7 Å². The number of amides is 2. The van der Waals surface area contributed by atoms with Gasteiger partial charge in [-0.25, -0.2) is 4.39 Å². The van der Waals surface area contributed by atoms with Gasteiger partial charge >= 0.3 is 0 Å². The van der Waals surface area contributed by atoms with Crippen LogP contribution in [0.15, 0.2) is 48.5 Å². The van der Waals surface area contributed by atoms with E-state index in [-0.39, 0.29) is 36.1 Å². The lowest BCUT2D eigenvalue weighted by Gasteiger charge is -2.32. The first-order valence-corrected chi connectivity index (χ1v) is 9.48. The lowest BCUT2D eigenvalue weighted by Crippen LogP contribution is -2.47. The third-order valence-electron chi connectivity index (χ3n) is 5.59. The molecule has 1 fully saturated rings. The Balaban J connectivity index is 1.37. The number of benzene rings is 2. The smallest absolute Gasteiger partial charge is 0.225 e. The maximum Gasteiger partial charge on any atom is 0.225 e. The summed E-state index contributed by atoms with van der Waals surface area (Å²) >= 11 is 0. The third kappa shape index (κ3) is 3.87. The molecule has 2 aliphatic rings. The molecule has 1 saturated heterocycles. The first kappa shape index (κ1) is 17.7. The largest absolute Gasteiger partial charge is 0.352 e. The summed E-state index contributed by atoms with van der Waals surface area (Å²) < 4.78 is 13.9. The van der Waals surface area contributed by atoms with E-state index in [4.69, 9.17) is 0 Å². The quantitative estimate of drug-likeness (QED) is 0.905. The average molecular weight is 366 g/mol. The fourth-order valence-corrected chi connectivity index (χ4v) is 4.09. The topological polar surface area (TPSA) is 49.4 Å². The number of carbonyl (C=O) groups is 2. The molecule has 0 bridgehead atoms. The van der Waals surface area contributed by atoms with Gasteiger partial charge < -0.3 is 10.2 Å². The van der Waals surface area contributed by atoms with Crippen molar-refractivity contribution in [3.8, 4) is 0 Å². The molecule has 1 aliphatic heterocycles. The lowest BCUT2D eigenvalue weighted by atomic mass is 9.95. The highest BCUT2D eigenvalue weighted by Gasteiger charge is 2.32. The van der Waals surface area contributed by atoms with Crippen molar-refractivity contribution in [2.75, 3.05) is 6.54 Å². The summed E-state index contributed by atoms with van der Waals surface area (Å²) in [6.45, 7) is 0.558. The Labute approximate surface area is 158 Å². The molecule has 2 aromatic rings. The number of piperidine rings is 1. The standard InChI is InChI=1S/C22H23FN2O2/c23-20-8-4-3-7-17(20)13-25-14-18(9-10-21(25)26)22(27)24-19-11-15-5-1-2-6-16(15)12-19/h1-8,18-19H,9-14H2,(H,24,27)/t18-/m0/s1. The van der Waals surface area contributed by atoms with E-state index in [1.807, 2.05) is 12.1 Å². The van der Waals surface area contributed by atoms with Crippen LogP contribution in [-0.2, 0) is 29.0 Å². The Morgan fingerprint density at radius 2 is 1.74 bits per heavy atom. The monoisotopic (exact) mass is 366 g/mol. The number of nitrogens with one attached hydrogen (secondary N) is 1. The normalized spacial score (nSPS) is 19.8. The van der Waals surface area contributed by atoms with Gasteiger partial charge in [0.2, 0.25) is 11.8 Å². The predicted octanol–water partition coefficient (Wildman–Crippen LogP) is 2.85. The molecule has 140 valence electrons. The van der Waals surface area contributed by atoms with E-state index in [1.54, 1.807) is 23.1 Å². The Bertz CT molecular complexity index is 842. The van der Waals surface area contributed by atoms with Crippen molar-refractivity contribution in [2.45, 2.75) is 38.3 Å². The molecule has 0 aromatic heterocycles. The first-order chi connectivity index (χ1) is 13.1. The van der Waals surface area contributed by atoms with E-state index in [0.717, 1.165) is 12.8 Å². The van der Waals surface area contributed by atoms with Gasteiger partial charge in [-0.1, -0.05) is 42.5 Å². The molecule has 4 rings (SSSR count). The molecule has 5 heteroatoms. The second-order valence-corrected chi connectivity index (χ2v) is 7.48. The summed E-state index contributed by atoms with van der Waals surface area (Å²) in [5.74, 6) is -0.576. The maximum absolute atomic E-state index is 13.9. The molecule has 1 atom stereocenters. The molecule has 1 N–H and O–H groups in total. The number of nitrogens with zero attached hydrogens (tertiary/aromatic N) is 1. The van der Waals surface area contributed by atoms with Gasteiger partial charge in [0.05, 0.1) is 5.92 Å². The Morgan fingerprint density at radius 3 is 2.44 bits per heavy atom. The van der Waals surface area contributed by atoms with Crippen LogP contribution < -0.4 is 5.32 Å². The van der Waals surface area contributed by atoms with E-state index >= 15 is 0 Å². The van der Waals surface area contributed by atoms with E-state index in [0.29, 0.717) is 24.9 Å². The lowest BCUT2D eigenvalue weighted by molar-refractivity contribution is -0.139. The van der Waals surface area contributed by atoms with Crippen LogP contribution >= 0.6 is 0 Å². The molecule has 0 unspecified atom stereocenters. The van der Waals surface area contributed by atoms with Crippen molar-refractivity contribution in [3.05, 3.63) is 71.0 Å². The van der Waals surface area contributed by atoms with E-state index in [9.17, 15) is 14.0 Å². The maximum atomic E-state index is 13.9. The van der Waals surface area contributed by atoms with Gasteiger partial charge in [0, 0.05) is 31.1 Å². The third-order valence-corrected chi connectivity index (χ3v) is 5.59. The summed E-state index contributed by atoms with van der Waals surface area (Å²) in [7, 11) is 0. The number of carbonyl (C=O) groups excluding carboxylic acids is 2. The SMILES string of the molecule is O=C(NC1Cc2ccccc2C1)[C@H]1CCC(=O)N(Cc2ccccc2F)C1. The van der Waals surface area contributed by atoms with Crippen molar-refractivity contribution in [3.63, 3.8) is 0 Å². The summed E-state index contributed by atoms with van der Waals surface area (Å²) in [4.78, 5) is 26.6. The Morgan fingerprint density at radius 1 is 1.07 bits per heavy atom. The number of fused-ring (bicyclic) bond motifs is 1. The van der Waals surface area contributed by atoms with Crippen LogP contribution in [0.25, 0.3) is 0 Å². The van der Waals surface area contributed by atoms with Gasteiger partial charge in [-0.2, -0.15) is 0 Å². The van der Waals surface area contributed by atoms with Gasteiger partial charge in [0.15, 0.2) is 0 Å². The average Bonchev–Trinajstić information content (AvgIpc) is 3.07. The van der Waals surface area contributed by atoms with Crippen LogP contribution in [0.1, 0.15) is 29.5 Å². The van der Waals surface area contributed by atoms with Gasteiger partial charge in [-0.3, -0.25) is 9.59 Å². The van der Waals surface area contributed by atoms with E-state index in [1.165, 1.54) is 17.2 Å². The summed E-state index contributed by atoms with van der Waals surface area (Å²) in [6.07, 6.45) is 2.59. The minimum absolute atomic E-state index is 0.00107. The molecule has 2 amide bonds. The Kier molecular flexibility index (Phi) is 4.92. The van der Waals surface area contributed by atoms with Crippen LogP contribution in [-0.4, -0.2) is 29.3 Å². The first-order valence-electron chi connectivity index (χ1n) is 9.48. The number of hydrogen-bond donors (Lipinski definition) is 1. The highest BCUT2D eigenvalue weighted by Crippen LogP contribution is 2.24. The van der Waals surface area contributed by atoms with Gasteiger partial charge in [0.1, 0.15) is 5.82 Å². The highest BCUT2D eigenvalue weighted by molar-refractivity contribution is 5.84. The molecule has 0 spiro atoms. The minimum Gasteiger partial charge on any atom is -0.352 e. The number of rotatable bonds is 4. The highest BCUT2D eigenvalue weighted by atomic mass is 19.1. The van der Waals surface area contributed by atoms with Gasteiger partial charge in [-0.05, 0) is 36.5 Å². The molecule has 1 aliphatic carbocycles. The van der Waals surface area contributed by atoms with Crippen molar-refractivity contribution in [2.24, 2.45) is 5.92 Å². The molecule has 0 radical (unpaired) electrons. The molecule has 27 heavy (non-hydrogen) atoms. The summed E-state index contributed by atoms with van der Waals surface area (Å²) in [5.41, 5.74) is 3.07. The van der Waals surface area contributed by atoms with E-state index < -0.39 is 0 Å². The summed E-state index contributed by atoms with van der Waals surface area (Å²) in [6, 6.07) is 14.9. The molecular formula is C22H23FN2O2. The number of hydrogen-bond acceptors (Lipinski definition) is 2. The number of likely N-dealkylation sites (tertiary alicyclic amines) is 1. The molecular weight excluding hydrogens is 343 g/mol. The van der Waals surface area contributed by atoms with Crippen LogP contribution in [0.4, 0.5) is 4.39 Å². The second-order valence-electron chi connectivity index (χ2n) is 7.48. The fourth-order valence-electron chi connectivity index (χ4n) is 4.09. The van der Waals surface area contributed by atoms with Crippen molar-refractivity contribution in [1.29, 1.82) is 0 Å². The number of halogens is 1. The molecule has 4 nitrogen and oxygen atoms in total. The fraction of sp³-hybridized carbons (Fsp3) is 0.364. The second kappa shape index (κ2) is 7.51. The van der Waals surface area contributed by atoms with E-state index in [2.05, 4.69) is 17.4 Å². The van der Waals surface area contributed by atoms with Crippen LogP contribution in [0.2, 0.25) is 0 Å². The van der Waals surface area contributed by atoms with Gasteiger partial charge in [0.25, 0.3) is 0 Å². The van der Waals surface area contributed by atoms with Crippen LogP contribution in [0.5, 0.6) is 0 Å². The van der Waals surface area contributed by atoms with Crippen molar-refractivity contribution in [1.82, 2.24) is 10.2 Å². The molecule has 0 saturated carbocycles. The zero-order chi connectivity index (χ0) is 18.8. The molecule has 1 heterocycles. The minimum atomic E-state index is -0.319. The molecule has 2 aromatic carbocycles. The Hall–Kier alpha value is -2.69.